The van der Waals surface area contributed by atoms with E-state index in [0.29, 0.717) is 12.0 Å². The Morgan fingerprint density at radius 1 is 1.00 bits per heavy atom. The molecular weight excluding hydrogens is 332 g/mol. The second-order valence-corrected chi connectivity index (χ2v) is 8.24. The summed E-state index contributed by atoms with van der Waals surface area (Å²) in [5, 5.41) is 3.34. The Morgan fingerprint density at radius 3 is 2.48 bits per heavy atom. The van der Waals surface area contributed by atoms with E-state index in [2.05, 4.69) is 91.4 Å². The molecule has 0 saturated carbocycles. The predicted molar refractivity (Wildman–Crippen MR) is 112 cm³/mol. The highest BCUT2D eigenvalue weighted by Gasteiger charge is 2.27. The minimum absolute atomic E-state index is 0.147. The van der Waals surface area contributed by atoms with Crippen LogP contribution in [0.4, 0.5) is 23.1 Å². The fourth-order valence-electron chi connectivity index (χ4n) is 3.64. The summed E-state index contributed by atoms with van der Waals surface area (Å²) in [6.07, 6.45) is 2.86. The van der Waals surface area contributed by atoms with Gasteiger partial charge in [0, 0.05) is 23.6 Å². The average molecular weight is 358 g/mol. The number of nitrogens with zero attached hydrogens (tertiary/aromatic N) is 3. The standard InChI is InChI=1S/C23H26N4/c1-16-15-17-7-5-6-8-20(17)27(16)21-13-14-24-22(26-21)25-19-11-9-18(10-12-19)23(2,3)4/h5-14,16H,15H2,1-4H3,(H,24,25,26). The third kappa shape index (κ3) is 3.52. The van der Waals surface area contributed by atoms with Gasteiger partial charge in [0.25, 0.3) is 0 Å². The van der Waals surface area contributed by atoms with Crippen molar-refractivity contribution in [2.45, 2.75) is 45.6 Å². The molecule has 0 saturated heterocycles. The van der Waals surface area contributed by atoms with Gasteiger partial charge in [0.05, 0.1) is 0 Å². The van der Waals surface area contributed by atoms with Crippen molar-refractivity contribution in [2.75, 3.05) is 10.2 Å². The van der Waals surface area contributed by atoms with Crippen molar-refractivity contribution in [3.63, 3.8) is 0 Å². The Bertz CT molecular complexity index is 941. The maximum atomic E-state index is 4.77. The van der Waals surface area contributed by atoms with Gasteiger partial charge in [-0.25, -0.2) is 4.98 Å². The Balaban J connectivity index is 1.58. The van der Waals surface area contributed by atoms with Crippen LogP contribution in [0, 0.1) is 0 Å². The minimum Gasteiger partial charge on any atom is -0.324 e. The summed E-state index contributed by atoms with van der Waals surface area (Å²) in [5.41, 5.74) is 5.06. The van der Waals surface area contributed by atoms with Crippen molar-refractivity contribution in [1.29, 1.82) is 0 Å². The van der Waals surface area contributed by atoms with Gasteiger partial charge >= 0.3 is 0 Å². The van der Waals surface area contributed by atoms with E-state index in [1.54, 1.807) is 0 Å². The summed E-state index contributed by atoms with van der Waals surface area (Å²) in [6.45, 7) is 8.89. The zero-order valence-corrected chi connectivity index (χ0v) is 16.4. The lowest BCUT2D eigenvalue weighted by Crippen LogP contribution is -2.25. The van der Waals surface area contributed by atoms with Crippen molar-refractivity contribution in [3.05, 3.63) is 71.9 Å². The van der Waals surface area contributed by atoms with E-state index in [-0.39, 0.29) is 5.41 Å². The highest BCUT2D eigenvalue weighted by molar-refractivity contribution is 5.69. The van der Waals surface area contributed by atoms with Crippen LogP contribution in [-0.2, 0) is 11.8 Å². The number of hydrogen-bond donors (Lipinski definition) is 1. The first kappa shape index (κ1) is 17.5. The van der Waals surface area contributed by atoms with Gasteiger partial charge in [-0.2, -0.15) is 4.98 Å². The number of para-hydroxylation sites is 1. The third-order valence-corrected chi connectivity index (χ3v) is 5.10. The first-order valence-electron chi connectivity index (χ1n) is 9.49. The van der Waals surface area contributed by atoms with E-state index in [4.69, 9.17) is 4.98 Å². The molecule has 4 rings (SSSR count). The number of aromatic nitrogens is 2. The van der Waals surface area contributed by atoms with E-state index < -0.39 is 0 Å². The molecule has 0 fully saturated rings. The Kier molecular flexibility index (Phi) is 4.34. The lowest BCUT2D eigenvalue weighted by atomic mass is 9.87. The van der Waals surface area contributed by atoms with Crippen LogP contribution in [0.2, 0.25) is 0 Å². The van der Waals surface area contributed by atoms with Crippen LogP contribution in [0.3, 0.4) is 0 Å². The Hall–Kier alpha value is -2.88. The maximum Gasteiger partial charge on any atom is 0.229 e. The van der Waals surface area contributed by atoms with Crippen molar-refractivity contribution in [2.24, 2.45) is 0 Å². The molecule has 0 spiro atoms. The second-order valence-electron chi connectivity index (χ2n) is 8.24. The SMILES string of the molecule is CC1Cc2ccccc2N1c1ccnc(Nc2ccc(C(C)(C)C)cc2)n1. The van der Waals surface area contributed by atoms with Crippen LogP contribution in [-0.4, -0.2) is 16.0 Å². The highest BCUT2D eigenvalue weighted by atomic mass is 15.3. The van der Waals surface area contributed by atoms with Crippen LogP contribution in [0.15, 0.2) is 60.8 Å². The topological polar surface area (TPSA) is 41.1 Å². The molecule has 1 atom stereocenters. The minimum atomic E-state index is 0.147. The van der Waals surface area contributed by atoms with Crippen LogP contribution in [0.1, 0.15) is 38.8 Å². The maximum absolute atomic E-state index is 4.77. The normalized spacial score (nSPS) is 16.3. The van der Waals surface area contributed by atoms with Crippen LogP contribution in [0.25, 0.3) is 0 Å². The second kappa shape index (κ2) is 6.69. The van der Waals surface area contributed by atoms with Crippen LogP contribution >= 0.6 is 0 Å². The fourth-order valence-corrected chi connectivity index (χ4v) is 3.64. The number of fused-ring (bicyclic) bond motifs is 1. The predicted octanol–water partition coefficient (Wildman–Crippen LogP) is 5.60. The lowest BCUT2D eigenvalue weighted by Gasteiger charge is -2.24. The summed E-state index contributed by atoms with van der Waals surface area (Å²) in [6, 6.07) is 19.4. The van der Waals surface area contributed by atoms with E-state index >= 15 is 0 Å². The monoisotopic (exact) mass is 358 g/mol. The van der Waals surface area contributed by atoms with E-state index in [9.17, 15) is 0 Å². The molecule has 0 aliphatic carbocycles. The molecule has 0 bridgehead atoms. The van der Waals surface area contributed by atoms with Crippen LogP contribution < -0.4 is 10.2 Å². The molecule has 1 N–H and O–H groups in total. The number of benzene rings is 2. The molecule has 0 amide bonds. The van der Waals surface area contributed by atoms with E-state index in [0.717, 1.165) is 17.9 Å². The first-order valence-corrected chi connectivity index (χ1v) is 9.49. The van der Waals surface area contributed by atoms with Gasteiger partial charge in [0.2, 0.25) is 5.95 Å². The summed E-state index contributed by atoms with van der Waals surface area (Å²) in [7, 11) is 0. The lowest BCUT2D eigenvalue weighted by molar-refractivity contribution is 0.590. The smallest absolute Gasteiger partial charge is 0.229 e. The molecule has 2 heterocycles. The number of anilines is 4. The highest BCUT2D eigenvalue weighted by Crippen LogP contribution is 2.37. The Labute approximate surface area is 161 Å². The van der Waals surface area contributed by atoms with Gasteiger partial charge in [-0.3, -0.25) is 0 Å². The van der Waals surface area contributed by atoms with Gasteiger partial charge < -0.3 is 10.2 Å². The van der Waals surface area contributed by atoms with Gasteiger partial charge in [-0.15, -0.1) is 0 Å². The first-order chi connectivity index (χ1) is 12.9. The average Bonchev–Trinajstić information content (AvgIpc) is 2.97. The van der Waals surface area contributed by atoms with Gasteiger partial charge in [0.1, 0.15) is 5.82 Å². The number of rotatable bonds is 3. The van der Waals surface area contributed by atoms with Gasteiger partial charge in [-0.1, -0.05) is 51.1 Å². The molecule has 4 nitrogen and oxygen atoms in total. The van der Waals surface area contributed by atoms with Gasteiger partial charge in [0.15, 0.2) is 0 Å². The summed E-state index contributed by atoms with van der Waals surface area (Å²) in [4.78, 5) is 11.5. The number of nitrogens with one attached hydrogen (secondary N) is 1. The molecule has 27 heavy (non-hydrogen) atoms. The molecule has 1 aliphatic rings. The molecule has 2 aromatic carbocycles. The summed E-state index contributed by atoms with van der Waals surface area (Å²) >= 11 is 0. The van der Waals surface area contributed by atoms with Crippen molar-refractivity contribution < 1.29 is 0 Å². The van der Waals surface area contributed by atoms with E-state index in [1.807, 2.05) is 12.3 Å². The third-order valence-electron chi connectivity index (χ3n) is 5.10. The van der Waals surface area contributed by atoms with E-state index in [1.165, 1.54) is 16.8 Å². The molecule has 0 radical (unpaired) electrons. The zero-order valence-electron chi connectivity index (χ0n) is 16.4. The summed E-state index contributed by atoms with van der Waals surface area (Å²) < 4.78 is 0. The van der Waals surface area contributed by atoms with Gasteiger partial charge in [-0.05, 0) is 54.2 Å². The van der Waals surface area contributed by atoms with Crippen molar-refractivity contribution in [1.82, 2.24) is 9.97 Å². The molecule has 1 unspecified atom stereocenters. The molecule has 4 heteroatoms. The quantitative estimate of drug-likeness (QED) is 0.661. The zero-order chi connectivity index (χ0) is 19.0. The van der Waals surface area contributed by atoms with Crippen molar-refractivity contribution >= 4 is 23.1 Å². The Morgan fingerprint density at radius 2 is 1.74 bits per heavy atom. The molecule has 3 aromatic rings. The molecule has 1 aliphatic heterocycles. The van der Waals surface area contributed by atoms with Crippen molar-refractivity contribution in [3.8, 4) is 0 Å². The molecule has 1 aromatic heterocycles. The largest absolute Gasteiger partial charge is 0.324 e. The van der Waals surface area contributed by atoms with Crippen LogP contribution in [0.5, 0.6) is 0 Å². The number of hydrogen-bond acceptors (Lipinski definition) is 4. The molecule has 138 valence electrons. The fraction of sp³-hybridized carbons (Fsp3) is 0.304. The molecular formula is C23H26N4. The summed E-state index contributed by atoms with van der Waals surface area (Å²) in [5.74, 6) is 1.55.